The van der Waals surface area contributed by atoms with Crippen molar-refractivity contribution in [1.29, 1.82) is 0 Å². The molecule has 0 saturated carbocycles. The fourth-order valence-corrected chi connectivity index (χ4v) is 3.14. The average Bonchev–Trinajstić information content (AvgIpc) is 2.67. The Morgan fingerprint density at radius 2 is 1.63 bits per heavy atom. The fourth-order valence-electron chi connectivity index (χ4n) is 3.14. The van der Waals surface area contributed by atoms with Gasteiger partial charge in [-0.15, -0.1) is 0 Å². The quantitative estimate of drug-likeness (QED) is 0.670. The van der Waals surface area contributed by atoms with Gasteiger partial charge in [0.15, 0.2) is 5.78 Å². The van der Waals surface area contributed by atoms with E-state index in [9.17, 15) is 14.4 Å². The predicted molar refractivity (Wildman–Crippen MR) is 104 cm³/mol. The molecule has 0 radical (unpaired) electrons. The highest BCUT2D eigenvalue weighted by molar-refractivity contribution is 6.06. The van der Waals surface area contributed by atoms with Gasteiger partial charge in [0.05, 0.1) is 0 Å². The van der Waals surface area contributed by atoms with Crippen LogP contribution in [0.1, 0.15) is 35.3 Å². The third kappa shape index (κ3) is 4.50. The summed E-state index contributed by atoms with van der Waals surface area (Å²) in [5.74, 6) is -0.530. The first kappa shape index (κ1) is 18.6. The number of nitrogens with one attached hydrogen (secondary N) is 1. The molecule has 2 amide bonds. The van der Waals surface area contributed by atoms with Crippen LogP contribution in [0.4, 0.5) is 5.69 Å². The van der Waals surface area contributed by atoms with Crippen molar-refractivity contribution in [3.63, 3.8) is 0 Å². The molecule has 2 aromatic carbocycles. The van der Waals surface area contributed by atoms with Gasteiger partial charge in [0.25, 0.3) is 0 Å². The van der Waals surface area contributed by atoms with Gasteiger partial charge in [-0.2, -0.15) is 0 Å². The van der Waals surface area contributed by atoms with Gasteiger partial charge in [-0.3, -0.25) is 14.4 Å². The Labute approximate surface area is 158 Å². The van der Waals surface area contributed by atoms with E-state index in [1.54, 1.807) is 36.1 Å². The lowest BCUT2D eigenvalue weighted by Crippen LogP contribution is -2.36. The first-order valence-electron chi connectivity index (χ1n) is 8.90. The molecule has 0 saturated heterocycles. The maximum Gasteiger partial charge on any atom is 0.249 e. The minimum atomic E-state index is -0.367. The lowest BCUT2D eigenvalue weighted by atomic mass is 9.99. The summed E-state index contributed by atoms with van der Waals surface area (Å²) in [5, 5.41) is 2.72. The molecular weight excluding hydrogens is 340 g/mol. The maximum absolute atomic E-state index is 12.7. The number of nitrogens with zero attached hydrogens (tertiary/aromatic N) is 1. The first-order valence-corrected chi connectivity index (χ1v) is 8.90. The molecule has 0 fully saturated rings. The standard InChI is InChI=1S/C22H22N2O3/c1-15(13-21(26)23-20-9-7-17(8-10-20)16(2)25)22(27)24-12-11-18-5-3-4-6-19(18)14-24/h3-10,13H,11-12,14H2,1-2H3,(H,23,26)/b15-13+. The van der Waals surface area contributed by atoms with Crippen molar-refractivity contribution in [2.45, 2.75) is 26.8 Å². The Bertz CT molecular complexity index is 913. The highest BCUT2D eigenvalue weighted by Crippen LogP contribution is 2.20. The summed E-state index contributed by atoms with van der Waals surface area (Å²) in [6.45, 7) is 4.36. The summed E-state index contributed by atoms with van der Waals surface area (Å²) in [6.07, 6.45) is 2.14. The second-order valence-corrected chi connectivity index (χ2v) is 6.70. The van der Waals surface area contributed by atoms with Crippen LogP contribution in [-0.2, 0) is 22.6 Å². The SMILES string of the molecule is CC(=O)c1ccc(NC(=O)/C=C(\C)C(=O)N2CCc3ccccc3C2)cc1. The van der Waals surface area contributed by atoms with Crippen LogP contribution in [0.2, 0.25) is 0 Å². The highest BCUT2D eigenvalue weighted by Gasteiger charge is 2.21. The van der Waals surface area contributed by atoms with Gasteiger partial charge >= 0.3 is 0 Å². The summed E-state index contributed by atoms with van der Waals surface area (Å²) >= 11 is 0. The van der Waals surface area contributed by atoms with Crippen molar-refractivity contribution in [2.24, 2.45) is 0 Å². The smallest absolute Gasteiger partial charge is 0.249 e. The number of hydrogen-bond donors (Lipinski definition) is 1. The van der Waals surface area contributed by atoms with E-state index in [1.807, 2.05) is 18.2 Å². The summed E-state index contributed by atoms with van der Waals surface area (Å²) in [5.41, 5.74) is 3.98. The van der Waals surface area contributed by atoms with Crippen molar-refractivity contribution in [3.05, 3.63) is 76.9 Å². The maximum atomic E-state index is 12.7. The molecule has 3 rings (SSSR count). The van der Waals surface area contributed by atoms with Crippen molar-refractivity contribution in [2.75, 3.05) is 11.9 Å². The van der Waals surface area contributed by atoms with Crippen LogP contribution in [0, 0.1) is 0 Å². The molecule has 1 aliphatic rings. The summed E-state index contributed by atoms with van der Waals surface area (Å²) < 4.78 is 0. The van der Waals surface area contributed by atoms with Gasteiger partial charge in [-0.25, -0.2) is 0 Å². The minimum Gasteiger partial charge on any atom is -0.334 e. The number of carbonyl (C=O) groups is 3. The van der Waals surface area contributed by atoms with Crippen molar-refractivity contribution >= 4 is 23.3 Å². The van der Waals surface area contributed by atoms with E-state index in [4.69, 9.17) is 0 Å². The molecule has 0 bridgehead atoms. The lowest BCUT2D eigenvalue weighted by molar-refractivity contribution is -0.128. The van der Waals surface area contributed by atoms with Crippen LogP contribution < -0.4 is 5.32 Å². The molecule has 1 N–H and O–H groups in total. The molecule has 27 heavy (non-hydrogen) atoms. The van der Waals surface area contributed by atoms with Crippen molar-refractivity contribution in [3.8, 4) is 0 Å². The molecule has 1 aliphatic heterocycles. The number of fused-ring (bicyclic) bond motifs is 1. The first-order chi connectivity index (χ1) is 12.9. The summed E-state index contributed by atoms with van der Waals surface area (Å²) in [4.78, 5) is 37.9. The zero-order valence-electron chi connectivity index (χ0n) is 15.5. The van der Waals surface area contributed by atoms with Gasteiger partial charge in [0, 0.05) is 36.0 Å². The molecule has 0 atom stereocenters. The molecule has 0 aromatic heterocycles. The Balaban J connectivity index is 1.63. The number of benzene rings is 2. The van der Waals surface area contributed by atoms with Gasteiger partial charge in [-0.05, 0) is 55.7 Å². The summed E-state index contributed by atoms with van der Waals surface area (Å²) in [7, 11) is 0. The van der Waals surface area contributed by atoms with Crippen LogP contribution in [0.3, 0.4) is 0 Å². The van der Waals surface area contributed by atoms with Crippen LogP contribution in [0.25, 0.3) is 0 Å². The second kappa shape index (κ2) is 7.99. The van der Waals surface area contributed by atoms with E-state index in [-0.39, 0.29) is 17.6 Å². The van der Waals surface area contributed by atoms with Crippen molar-refractivity contribution < 1.29 is 14.4 Å². The van der Waals surface area contributed by atoms with Crippen LogP contribution >= 0.6 is 0 Å². The lowest BCUT2D eigenvalue weighted by Gasteiger charge is -2.29. The van der Waals surface area contributed by atoms with Crippen molar-refractivity contribution in [1.82, 2.24) is 4.90 Å². The normalized spacial score (nSPS) is 13.7. The molecule has 138 valence electrons. The second-order valence-electron chi connectivity index (χ2n) is 6.70. The molecule has 1 heterocycles. The molecule has 0 spiro atoms. The number of Topliss-reactive ketones (excluding diaryl/α,β-unsaturated/α-hetero) is 1. The van der Waals surface area contributed by atoms with Gasteiger partial charge < -0.3 is 10.2 Å². The molecule has 0 aliphatic carbocycles. The van der Waals surface area contributed by atoms with E-state index < -0.39 is 0 Å². The molecular formula is C22H22N2O3. The minimum absolute atomic E-state index is 0.0303. The Kier molecular flexibility index (Phi) is 5.50. The van der Waals surface area contributed by atoms with E-state index in [0.717, 1.165) is 12.0 Å². The Hall–Kier alpha value is -3.21. The number of anilines is 1. The molecule has 0 unspecified atom stereocenters. The van der Waals surface area contributed by atoms with Gasteiger partial charge in [0.1, 0.15) is 0 Å². The predicted octanol–water partition coefficient (Wildman–Crippen LogP) is 3.36. The Morgan fingerprint density at radius 3 is 2.30 bits per heavy atom. The van der Waals surface area contributed by atoms with E-state index in [1.165, 1.54) is 18.6 Å². The topological polar surface area (TPSA) is 66.5 Å². The van der Waals surface area contributed by atoms with Crippen LogP contribution in [0.15, 0.2) is 60.2 Å². The van der Waals surface area contributed by atoms with Crippen LogP contribution in [-0.4, -0.2) is 29.0 Å². The van der Waals surface area contributed by atoms with E-state index in [2.05, 4.69) is 11.4 Å². The van der Waals surface area contributed by atoms with Crippen LogP contribution in [0.5, 0.6) is 0 Å². The van der Waals surface area contributed by atoms with Gasteiger partial charge in [-0.1, -0.05) is 24.3 Å². The Morgan fingerprint density at radius 1 is 0.963 bits per heavy atom. The van der Waals surface area contributed by atoms with E-state index in [0.29, 0.717) is 29.9 Å². The number of ketones is 1. The largest absolute Gasteiger partial charge is 0.334 e. The third-order valence-electron chi connectivity index (χ3n) is 4.66. The highest BCUT2D eigenvalue weighted by atomic mass is 16.2. The number of rotatable bonds is 4. The average molecular weight is 362 g/mol. The monoisotopic (exact) mass is 362 g/mol. The fraction of sp³-hybridized carbons (Fsp3) is 0.227. The number of hydrogen-bond acceptors (Lipinski definition) is 3. The summed E-state index contributed by atoms with van der Waals surface area (Å²) in [6, 6.07) is 14.8. The molecule has 5 heteroatoms. The number of carbonyl (C=O) groups excluding carboxylic acids is 3. The molecule has 2 aromatic rings. The zero-order chi connectivity index (χ0) is 19.4. The molecule has 5 nitrogen and oxygen atoms in total. The number of amides is 2. The zero-order valence-corrected chi connectivity index (χ0v) is 15.5. The third-order valence-corrected chi connectivity index (χ3v) is 4.66. The van der Waals surface area contributed by atoms with E-state index >= 15 is 0 Å². The van der Waals surface area contributed by atoms with Gasteiger partial charge in [0.2, 0.25) is 11.8 Å².